The van der Waals surface area contributed by atoms with Gasteiger partial charge in [-0.25, -0.2) is 16.8 Å². The van der Waals surface area contributed by atoms with Crippen LogP contribution in [0.25, 0.3) is 0 Å². The van der Waals surface area contributed by atoms with E-state index < -0.39 is 31.9 Å². The van der Waals surface area contributed by atoms with Crippen molar-refractivity contribution in [2.75, 3.05) is 11.5 Å². The number of sulfone groups is 1. The first-order valence-electron chi connectivity index (χ1n) is 12.0. The normalized spacial score (nSPS) is 19.1. The van der Waals surface area contributed by atoms with Gasteiger partial charge in [-0.3, -0.25) is 4.79 Å². The molecule has 8 nitrogen and oxygen atoms in total. The van der Waals surface area contributed by atoms with Crippen LogP contribution in [-0.2, 0) is 44.3 Å². The lowest BCUT2D eigenvalue weighted by atomic mass is 10.1. The minimum Gasteiger partial charge on any atom is -0.352 e. The highest BCUT2D eigenvalue weighted by Gasteiger charge is 2.45. The summed E-state index contributed by atoms with van der Waals surface area (Å²) in [5.74, 6) is -0.574. The van der Waals surface area contributed by atoms with Crippen molar-refractivity contribution in [2.45, 2.75) is 43.5 Å². The molecule has 3 aromatic carbocycles. The molecule has 1 fully saturated rings. The van der Waals surface area contributed by atoms with Gasteiger partial charge in [-0.15, -0.1) is 0 Å². The predicted molar refractivity (Wildman–Crippen MR) is 143 cm³/mol. The number of rotatable bonds is 10. The average molecular weight is 542 g/mol. The summed E-state index contributed by atoms with van der Waals surface area (Å²) in [4.78, 5) is 11.3. The van der Waals surface area contributed by atoms with Gasteiger partial charge in [0.15, 0.2) is 9.84 Å². The highest BCUT2D eigenvalue weighted by molar-refractivity contribution is 7.92. The molecule has 0 bridgehead atoms. The van der Waals surface area contributed by atoms with Crippen molar-refractivity contribution in [2.24, 2.45) is 0 Å². The quantitative estimate of drug-likeness (QED) is 0.408. The second-order valence-electron chi connectivity index (χ2n) is 9.21. The fourth-order valence-electron chi connectivity index (χ4n) is 4.44. The van der Waals surface area contributed by atoms with Gasteiger partial charge >= 0.3 is 0 Å². The van der Waals surface area contributed by atoms with Gasteiger partial charge in [0.05, 0.1) is 22.4 Å². The third-order valence-corrected chi connectivity index (χ3v) is 9.96. The standard InChI is InChI=1S/C27H31N3O5S2/c1-21(31)28-16-23-12-14-25(15-13-23)37(34,35)30(18-24-10-6-3-7-11-24)27-20-36(32,33)19-26(27)29-17-22-8-4-2-5-9-22/h2-15,26-27,29H,16-20H2,1H3,(H,28,31)/t26-,27-/m0/s1. The number of hydrogen-bond acceptors (Lipinski definition) is 6. The highest BCUT2D eigenvalue weighted by Crippen LogP contribution is 2.28. The highest BCUT2D eigenvalue weighted by atomic mass is 32.2. The molecule has 0 unspecified atom stereocenters. The van der Waals surface area contributed by atoms with E-state index in [1.54, 1.807) is 12.1 Å². The molecule has 1 saturated heterocycles. The molecule has 0 spiro atoms. The summed E-state index contributed by atoms with van der Waals surface area (Å²) in [6.07, 6.45) is 0. The number of carbonyl (C=O) groups is 1. The van der Waals surface area contributed by atoms with Gasteiger partial charge < -0.3 is 10.6 Å². The van der Waals surface area contributed by atoms with E-state index in [2.05, 4.69) is 10.6 Å². The Morgan fingerprint density at radius 1 is 0.838 bits per heavy atom. The zero-order chi connectivity index (χ0) is 26.5. The maximum atomic E-state index is 14.0. The maximum Gasteiger partial charge on any atom is 0.243 e. The number of sulfonamides is 1. The van der Waals surface area contributed by atoms with Crippen LogP contribution in [0.5, 0.6) is 0 Å². The molecule has 4 rings (SSSR count). The van der Waals surface area contributed by atoms with Crippen molar-refractivity contribution >= 4 is 25.8 Å². The summed E-state index contributed by atoms with van der Waals surface area (Å²) in [6.45, 7) is 2.17. The predicted octanol–water partition coefficient (Wildman–Crippen LogP) is 2.47. The number of amides is 1. The summed E-state index contributed by atoms with van der Waals surface area (Å²) in [5, 5.41) is 5.99. The van der Waals surface area contributed by atoms with Gasteiger partial charge in [0.2, 0.25) is 15.9 Å². The monoisotopic (exact) mass is 541 g/mol. The summed E-state index contributed by atoms with van der Waals surface area (Å²) >= 11 is 0. The molecule has 196 valence electrons. The molecule has 0 saturated carbocycles. The summed E-state index contributed by atoms with van der Waals surface area (Å²) in [7, 11) is -7.52. The van der Waals surface area contributed by atoms with Crippen LogP contribution in [0.4, 0.5) is 0 Å². The molecule has 3 aromatic rings. The largest absolute Gasteiger partial charge is 0.352 e. The van der Waals surface area contributed by atoms with Crippen LogP contribution in [-0.4, -0.2) is 50.6 Å². The van der Waals surface area contributed by atoms with E-state index >= 15 is 0 Å². The Morgan fingerprint density at radius 3 is 2.00 bits per heavy atom. The number of hydrogen-bond donors (Lipinski definition) is 2. The first-order chi connectivity index (χ1) is 17.6. The van der Waals surface area contributed by atoms with Gasteiger partial charge in [0.25, 0.3) is 0 Å². The van der Waals surface area contributed by atoms with Crippen molar-refractivity contribution < 1.29 is 21.6 Å². The van der Waals surface area contributed by atoms with Crippen LogP contribution < -0.4 is 10.6 Å². The molecule has 2 N–H and O–H groups in total. The molecule has 1 amide bonds. The average Bonchev–Trinajstić information content (AvgIpc) is 3.20. The fraction of sp³-hybridized carbons (Fsp3) is 0.296. The van der Waals surface area contributed by atoms with E-state index in [1.165, 1.54) is 23.4 Å². The summed E-state index contributed by atoms with van der Waals surface area (Å²) < 4.78 is 54.8. The van der Waals surface area contributed by atoms with Gasteiger partial charge in [0.1, 0.15) is 0 Å². The molecule has 0 radical (unpaired) electrons. The molecule has 1 aliphatic rings. The minimum atomic E-state index is -4.06. The Bertz CT molecular complexity index is 1410. The topological polar surface area (TPSA) is 113 Å². The van der Waals surface area contributed by atoms with Gasteiger partial charge in [-0.2, -0.15) is 4.31 Å². The first kappa shape index (κ1) is 27.0. The zero-order valence-electron chi connectivity index (χ0n) is 20.6. The summed E-state index contributed by atoms with van der Waals surface area (Å²) in [6, 6.07) is 23.7. The van der Waals surface area contributed by atoms with Crippen LogP contribution in [0.3, 0.4) is 0 Å². The molecule has 1 heterocycles. The smallest absolute Gasteiger partial charge is 0.243 e. The Balaban J connectivity index is 1.65. The fourth-order valence-corrected chi connectivity index (χ4v) is 8.14. The lowest BCUT2D eigenvalue weighted by molar-refractivity contribution is -0.119. The van der Waals surface area contributed by atoms with Gasteiger partial charge in [-0.05, 0) is 28.8 Å². The molecule has 2 atom stereocenters. The second-order valence-corrected chi connectivity index (χ2v) is 13.3. The van der Waals surface area contributed by atoms with Crippen LogP contribution in [0.1, 0.15) is 23.6 Å². The second kappa shape index (κ2) is 11.6. The minimum absolute atomic E-state index is 0.0422. The van der Waals surface area contributed by atoms with Crippen LogP contribution >= 0.6 is 0 Å². The van der Waals surface area contributed by atoms with Crippen molar-refractivity contribution in [3.63, 3.8) is 0 Å². The Hall–Kier alpha value is -3.05. The van der Waals surface area contributed by atoms with Crippen LogP contribution in [0, 0.1) is 0 Å². The number of nitrogens with zero attached hydrogens (tertiary/aromatic N) is 1. The van der Waals surface area contributed by atoms with E-state index in [0.29, 0.717) is 6.54 Å². The van der Waals surface area contributed by atoms with Crippen molar-refractivity contribution in [3.8, 4) is 0 Å². The number of benzene rings is 3. The van der Waals surface area contributed by atoms with E-state index in [4.69, 9.17) is 0 Å². The lowest BCUT2D eigenvalue weighted by Gasteiger charge is -2.32. The molecular formula is C27H31N3O5S2. The summed E-state index contributed by atoms with van der Waals surface area (Å²) in [5.41, 5.74) is 2.51. The molecule has 37 heavy (non-hydrogen) atoms. The van der Waals surface area contributed by atoms with Crippen molar-refractivity contribution in [1.82, 2.24) is 14.9 Å². The molecule has 10 heteroatoms. The number of nitrogens with one attached hydrogen (secondary N) is 2. The molecule has 0 aliphatic carbocycles. The third-order valence-electron chi connectivity index (χ3n) is 6.36. The van der Waals surface area contributed by atoms with Crippen LogP contribution in [0.2, 0.25) is 0 Å². The number of carbonyl (C=O) groups excluding carboxylic acids is 1. The molecular weight excluding hydrogens is 510 g/mol. The molecule has 0 aromatic heterocycles. The van der Waals surface area contributed by atoms with Gasteiger partial charge in [-0.1, -0.05) is 72.8 Å². The Morgan fingerprint density at radius 2 is 1.41 bits per heavy atom. The SMILES string of the molecule is CC(=O)NCc1ccc(S(=O)(=O)N(Cc2ccccc2)[C@H]2CS(=O)(=O)C[C@@H]2NCc2ccccc2)cc1. The Kier molecular flexibility index (Phi) is 8.43. The first-order valence-corrected chi connectivity index (χ1v) is 15.3. The van der Waals surface area contributed by atoms with E-state index in [-0.39, 0.29) is 35.4 Å². The van der Waals surface area contributed by atoms with Gasteiger partial charge in [0, 0.05) is 32.6 Å². The van der Waals surface area contributed by atoms with Crippen molar-refractivity contribution in [1.29, 1.82) is 0 Å². The zero-order valence-corrected chi connectivity index (χ0v) is 22.2. The van der Waals surface area contributed by atoms with E-state index in [0.717, 1.165) is 16.7 Å². The van der Waals surface area contributed by atoms with E-state index in [1.807, 2.05) is 60.7 Å². The Labute approximate surface area is 218 Å². The third kappa shape index (κ3) is 7.04. The van der Waals surface area contributed by atoms with Crippen molar-refractivity contribution in [3.05, 3.63) is 102 Å². The molecule has 1 aliphatic heterocycles. The van der Waals surface area contributed by atoms with E-state index in [9.17, 15) is 21.6 Å². The van der Waals surface area contributed by atoms with Crippen LogP contribution in [0.15, 0.2) is 89.8 Å². The lowest BCUT2D eigenvalue weighted by Crippen LogP contribution is -2.51. The maximum absolute atomic E-state index is 14.0.